The molecule has 1 aromatic carbocycles. The lowest BCUT2D eigenvalue weighted by Gasteiger charge is -2.28. The summed E-state index contributed by atoms with van der Waals surface area (Å²) in [5.41, 5.74) is 0.960. The van der Waals surface area contributed by atoms with Crippen molar-refractivity contribution in [2.75, 3.05) is 19.8 Å². The van der Waals surface area contributed by atoms with Crippen LogP contribution in [0.2, 0.25) is 0 Å². The van der Waals surface area contributed by atoms with Gasteiger partial charge in [-0.15, -0.1) is 0 Å². The number of hydrogen-bond acceptors (Lipinski definition) is 3. The van der Waals surface area contributed by atoms with Gasteiger partial charge in [0.1, 0.15) is 12.4 Å². The summed E-state index contributed by atoms with van der Waals surface area (Å²) in [6.45, 7) is 7.69. The Bertz CT molecular complexity index is 350. The first kappa shape index (κ1) is 16.0. The van der Waals surface area contributed by atoms with Crippen molar-refractivity contribution in [3.8, 4) is 5.75 Å². The predicted molar refractivity (Wildman–Crippen MR) is 79.7 cm³/mol. The first-order valence-corrected chi connectivity index (χ1v) is 7.21. The molecule has 1 aromatic rings. The van der Waals surface area contributed by atoms with Crippen LogP contribution >= 0.6 is 0 Å². The lowest BCUT2D eigenvalue weighted by atomic mass is 10.1. The van der Waals surface area contributed by atoms with Crippen molar-refractivity contribution in [1.82, 2.24) is 5.32 Å². The zero-order chi connectivity index (χ0) is 14.1. The Labute approximate surface area is 117 Å². The van der Waals surface area contributed by atoms with E-state index in [1.54, 1.807) is 0 Å². The Morgan fingerprint density at radius 1 is 1.16 bits per heavy atom. The van der Waals surface area contributed by atoms with Crippen molar-refractivity contribution in [3.63, 3.8) is 0 Å². The standard InChI is InChI=1S/C16H27NO2/c1-4-6-14-7-9-15(10-8-14)19-13-16(3,12-18)17-11-5-2/h7-10,17-18H,4-6,11-13H2,1-3H3. The highest BCUT2D eigenvalue weighted by molar-refractivity contribution is 5.27. The van der Waals surface area contributed by atoms with Crippen molar-refractivity contribution in [2.24, 2.45) is 0 Å². The van der Waals surface area contributed by atoms with E-state index in [1.165, 1.54) is 5.56 Å². The fourth-order valence-corrected chi connectivity index (χ4v) is 1.86. The summed E-state index contributed by atoms with van der Waals surface area (Å²) < 4.78 is 5.77. The molecule has 0 spiro atoms. The van der Waals surface area contributed by atoms with Crippen LogP contribution in [0.1, 0.15) is 39.2 Å². The van der Waals surface area contributed by atoms with Gasteiger partial charge in [-0.2, -0.15) is 0 Å². The van der Waals surface area contributed by atoms with E-state index < -0.39 is 0 Å². The maximum Gasteiger partial charge on any atom is 0.119 e. The summed E-state index contributed by atoms with van der Waals surface area (Å²) in [7, 11) is 0. The van der Waals surface area contributed by atoms with Crippen molar-refractivity contribution >= 4 is 0 Å². The molecule has 1 unspecified atom stereocenters. The van der Waals surface area contributed by atoms with Gasteiger partial charge >= 0.3 is 0 Å². The van der Waals surface area contributed by atoms with Crippen molar-refractivity contribution in [2.45, 2.75) is 45.6 Å². The Balaban J connectivity index is 2.49. The second kappa shape index (κ2) is 8.18. The summed E-state index contributed by atoms with van der Waals surface area (Å²) in [4.78, 5) is 0. The molecule has 0 heterocycles. The molecule has 3 heteroatoms. The number of aliphatic hydroxyl groups excluding tert-OH is 1. The number of hydrogen-bond donors (Lipinski definition) is 2. The quantitative estimate of drug-likeness (QED) is 0.721. The highest BCUT2D eigenvalue weighted by Gasteiger charge is 2.23. The number of rotatable bonds is 9. The van der Waals surface area contributed by atoms with Gasteiger partial charge in [0.2, 0.25) is 0 Å². The maximum atomic E-state index is 9.46. The normalized spacial score (nSPS) is 14.1. The van der Waals surface area contributed by atoms with E-state index in [-0.39, 0.29) is 12.1 Å². The van der Waals surface area contributed by atoms with Gasteiger partial charge in [-0.3, -0.25) is 0 Å². The lowest BCUT2D eigenvalue weighted by Crippen LogP contribution is -2.50. The zero-order valence-electron chi connectivity index (χ0n) is 12.4. The van der Waals surface area contributed by atoms with Gasteiger partial charge in [-0.05, 0) is 44.0 Å². The Morgan fingerprint density at radius 2 is 1.84 bits per heavy atom. The van der Waals surface area contributed by atoms with Crippen molar-refractivity contribution < 1.29 is 9.84 Å². The highest BCUT2D eigenvalue weighted by Crippen LogP contribution is 2.15. The molecule has 0 saturated heterocycles. The van der Waals surface area contributed by atoms with Gasteiger partial charge in [-0.25, -0.2) is 0 Å². The molecule has 1 atom stereocenters. The van der Waals surface area contributed by atoms with Crippen LogP contribution < -0.4 is 10.1 Å². The molecular weight excluding hydrogens is 238 g/mol. The third-order valence-corrected chi connectivity index (χ3v) is 3.17. The molecule has 0 saturated carbocycles. The van der Waals surface area contributed by atoms with Crippen LogP contribution in [0.3, 0.4) is 0 Å². The smallest absolute Gasteiger partial charge is 0.119 e. The number of benzene rings is 1. The SMILES string of the molecule is CCCNC(C)(CO)COc1ccc(CCC)cc1. The fourth-order valence-electron chi connectivity index (χ4n) is 1.86. The van der Waals surface area contributed by atoms with E-state index in [1.807, 2.05) is 19.1 Å². The van der Waals surface area contributed by atoms with Gasteiger partial charge in [0.25, 0.3) is 0 Å². The molecule has 0 bridgehead atoms. The van der Waals surface area contributed by atoms with Crippen molar-refractivity contribution in [3.05, 3.63) is 29.8 Å². The average Bonchev–Trinajstić information content (AvgIpc) is 2.45. The largest absolute Gasteiger partial charge is 0.492 e. The maximum absolute atomic E-state index is 9.46. The third kappa shape index (κ3) is 5.62. The van der Waals surface area contributed by atoms with Crippen LogP contribution in [0.4, 0.5) is 0 Å². The van der Waals surface area contributed by atoms with E-state index in [9.17, 15) is 5.11 Å². The number of aryl methyl sites for hydroxylation is 1. The molecule has 0 aliphatic heterocycles. The van der Waals surface area contributed by atoms with Crippen LogP contribution in [0.25, 0.3) is 0 Å². The Kier molecular flexibility index (Phi) is 6.89. The molecule has 0 fully saturated rings. The summed E-state index contributed by atoms with van der Waals surface area (Å²) in [5, 5.41) is 12.8. The molecular formula is C16H27NO2. The second-order valence-electron chi connectivity index (χ2n) is 5.33. The van der Waals surface area contributed by atoms with Crippen molar-refractivity contribution in [1.29, 1.82) is 0 Å². The number of aliphatic hydroxyl groups is 1. The Morgan fingerprint density at radius 3 is 2.37 bits per heavy atom. The fraction of sp³-hybridized carbons (Fsp3) is 0.625. The van der Waals surface area contributed by atoms with Gasteiger partial charge in [0.15, 0.2) is 0 Å². The molecule has 1 rings (SSSR count). The minimum atomic E-state index is -0.377. The summed E-state index contributed by atoms with van der Waals surface area (Å²) >= 11 is 0. The topological polar surface area (TPSA) is 41.5 Å². The monoisotopic (exact) mass is 265 g/mol. The molecule has 19 heavy (non-hydrogen) atoms. The minimum Gasteiger partial charge on any atom is -0.492 e. The van der Waals surface area contributed by atoms with Crippen LogP contribution in [0, 0.1) is 0 Å². The van der Waals surface area contributed by atoms with E-state index >= 15 is 0 Å². The van der Waals surface area contributed by atoms with Crippen LogP contribution in [0.15, 0.2) is 24.3 Å². The van der Waals surface area contributed by atoms with Gasteiger partial charge in [0.05, 0.1) is 12.1 Å². The van der Waals surface area contributed by atoms with Crippen LogP contribution in [-0.4, -0.2) is 30.4 Å². The molecule has 0 radical (unpaired) electrons. The van der Waals surface area contributed by atoms with E-state index in [0.29, 0.717) is 6.61 Å². The molecule has 0 amide bonds. The minimum absolute atomic E-state index is 0.0704. The van der Waals surface area contributed by atoms with E-state index in [2.05, 4.69) is 31.3 Å². The summed E-state index contributed by atoms with van der Waals surface area (Å²) in [6, 6.07) is 8.22. The number of nitrogens with one attached hydrogen (secondary N) is 1. The lowest BCUT2D eigenvalue weighted by molar-refractivity contribution is 0.116. The number of ether oxygens (including phenoxy) is 1. The predicted octanol–water partition coefficient (Wildman–Crippen LogP) is 2.77. The summed E-state index contributed by atoms with van der Waals surface area (Å²) in [6.07, 6.45) is 3.30. The first-order chi connectivity index (χ1) is 9.13. The molecule has 0 aliphatic carbocycles. The first-order valence-electron chi connectivity index (χ1n) is 7.21. The van der Waals surface area contributed by atoms with Gasteiger partial charge < -0.3 is 15.2 Å². The van der Waals surface area contributed by atoms with E-state index in [4.69, 9.17) is 4.74 Å². The molecule has 2 N–H and O–H groups in total. The van der Waals surface area contributed by atoms with Crippen LogP contribution in [0.5, 0.6) is 5.75 Å². The van der Waals surface area contributed by atoms with Crippen LogP contribution in [-0.2, 0) is 6.42 Å². The third-order valence-electron chi connectivity index (χ3n) is 3.17. The second-order valence-corrected chi connectivity index (χ2v) is 5.33. The van der Waals surface area contributed by atoms with Gasteiger partial charge in [-0.1, -0.05) is 32.4 Å². The Hall–Kier alpha value is -1.06. The van der Waals surface area contributed by atoms with Gasteiger partial charge in [0, 0.05) is 0 Å². The highest BCUT2D eigenvalue weighted by atomic mass is 16.5. The summed E-state index contributed by atoms with van der Waals surface area (Å²) in [5.74, 6) is 0.859. The molecule has 108 valence electrons. The molecule has 0 aromatic heterocycles. The zero-order valence-corrected chi connectivity index (χ0v) is 12.4. The van der Waals surface area contributed by atoms with E-state index in [0.717, 1.165) is 31.6 Å². The average molecular weight is 265 g/mol. The molecule has 0 aliphatic rings. The molecule has 3 nitrogen and oxygen atoms in total.